The zero-order chi connectivity index (χ0) is 22.2. The van der Waals surface area contributed by atoms with Gasteiger partial charge in [-0.25, -0.2) is 0 Å². The van der Waals surface area contributed by atoms with Crippen molar-refractivity contribution in [3.63, 3.8) is 0 Å². The van der Waals surface area contributed by atoms with Gasteiger partial charge in [-0.2, -0.15) is 0 Å². The quantitative estimate of drug-likeness (QED) is 0.547. The van der Waals surface area contributed by atoms with Crippen molar-refractivity contribution in [3.8, 4) is 23.7 Å². The van der Waals surface area contributed by atoms with E-state index < -0.39 is 0 Å². The van der Waals surface area contributed by atoms with Crippen molar-refractivity contribution in [2.24, 2.45) is 0 Å². The molecule has 0 saturated carbocycles. The molecule has 0 saturated heterocycles. The maximum atomic E-state index is 13.2. The third-order valence-electron chi connectivity index (χ3n) is 5.36. The number of benzene rings is 3. The largest absolute Gasteiger partial charge is 0.349 e. The molecule has 1 N–H and O–H groups in total. The van der Waals surface area contributed by atoms with E-state index in [9.17, 15) is 4.79 Å². The van der Waals surface area contributed by atoms with Crippen molar-refractivity contribution in [1.29, 1.82) is 0 Å². The Labute approximate surface area is 185 Å². The Balaban J connectivity index is 1.87. The van der Waals surface area contributed by atoms with Crippen molar-refractivity contribution in [3.05, 3.63) is 77.4 Å². The molecule has 3 nitrogen and oxygen atoms in total. The molecule has 0 unspecified atom stereocenters. The summed E-state index contributed by atoms with van der Waals surface area (Å²) in [7, 11) is 0. The number of carbonyl (C=O) groups is 1. The highest BCUT2D eigenvalue weighted by molar-refractivity contribution is 5.97. The number of nitrogens with zero attached hydrogens (tertiary/aromatic N) is 1. The molecule has 1 atom stereocenters. The summed E-state index contributed by atoms with van der Waals surface area (Å²) in [4.78, 5) is 15.3. The number of anilines is 1. The summed E-state index contributed by atoms with van der Waals surface area (Å²) in [5.74, 6) is 12.0. The first kappa shape index (κ1) is 22.0. The Morgan fingerprint density at radius 3 is 2.35 bits per heavy atom. The predicted molar refractivity (Wildman–Crippen MR) is 130 cm³/mol. The second-order valence-electron chi connectivity index (χ2n) is 7.47. The third kappa shape index (κ3) is 5.27. The lowest BCUT2D eigenvalue weighted by Gasteiger charge is -2.22. The van der Waals surface area contributed by atoms with E-state index in [1.54, 1.807) is 0 Å². The number of hydrogen-bond acceptors (Lipinski definition) is 2. The molecular formula is C28H28N2O. The molecule has 31 heavy (non-hydrogen) atoms. The number of carbonyl (C=O) groups excluding carboxylic acids is 1. The fraction of sp³-hybridized carbons (Fsp3) is 0.250. The molecule has 3 aromatic carbocycles. The third-order valence-corrected chi connectivity index (χ3v) is 5.36. The number of nitrogens with one attached hydrogen (secondary N) is 1. The van der Waals surface area contributed by atoms with Crippen LogP contribution in [-0.4, -0.2) is 19.0 Å². The molecule has 0 aromatic heterocycles. The van der Waals surface area contributed by atoms with Gasteiger partial charge < -0.3 is 10.2 Å². The van der Waals surface area contributed by atoms with Gasteiger partial charge in [0.05, 0.1) is 19.1 Å². The van der Waals surface area contributed by atoms with E-state index in [1.807, 2.05) is 64.1 Å². The Morgan fingerprint density at radius 2 is 1.65 bits per heavy atom. The highest BCUT2D eigenvalue weighted by atomic mass is 16.1. The van der Waals surface area contributed by atoms with Crippen LogP contribution >= 0.6 is 0 Å². The molecule has 3 rings (SSSR count). The van der Waals surface area contributed by atoms with Crippen molar-refractivity contribution < 1.29 is 4.79 Å². The van der Waals surface area contributed by atoms with Gasteiger partial charge in [0.2, 0.25) is 0 Å². The fourth-order valence-corrected chi connectivity index (χ4v) is 3.62. The van der Waals surface area contributed by atoms with E-state index in [0.29, 0.717) is 18.7 Å². The second-order valence-corrected chi connectivity index (χ2v) is 7.47. The number of rotatable bonds is 6. The lowest BCUT2D eigenvalue weighted by Crippen LogP contribution is -2.28. The van der Waals surface area contributed by atoms with E-state index in [-0.39, 0.29) is 11.9 Å². The molecular weight excluding hydrogens is 380 g/mol. The van der Waals surface area contributed by atoms with Crippen molar-refractivity contribution >= 4 is 22.4 Å². The monoisotopic (exact) mass is 408 g/mol. The van der Waals surface area contributed by atoms with E-state index in [0.717, 1.165) is 22.2 Å². The Bertz CT molecular complexity index is 1180. The van der Waals surface area contributed by atoms with Crippen LogP contribution in [0.4, 0.5) is 5.69 Å². The Hall–Kier alpha value is -3.69. The van der Waals surface area contributed by atoms with Gasteiger partial charge >= 0.3 is 0 Å². The van der Waals surface area contributed by atoms with Crippen LogP contribution in [-0.2, 0) is 0 Å². The van der Waals surface area contributed by atoms with Crippen LogP contribution in [0, 0.1) is 30.6 Å². The second kappa shape index (κ2) is 10.4. The SMILES string of the molecule is CC#CCN(CC#CC)c1ccc(C)c(C(=O)N[C@H](C)c2cccc3ccccc23)c1. The molecule has 0 bridgehead atoms. The first-order valence-electron chi connectivity index (χ1n) is 10.5. The Morgan fingerprint density at radius 1 is 0.968 bits per heavy atom. The van der Waals surface area contributed by atoms with Crippen LogP contribution in [0.15, 0.2) is 60.7 Å². The summed E-state index contributed by atoms with van der Waals surface area (Å²) < 4.78 is 0. The minimum Gasteiger partial charge on any atom is -0.349 e. The van der Waals surface area contributed by atoms with Crippen molar-refractivity contribution in [2.75, 3.05) is 18.0 Å². The summed E-state index contributed by atoms with van der Waals surface area (Å²) in [5.41, 5.74) is 3.66. The van der Waals surface area contributed by atoms with Gasteiger partial charge in [-0.3, -0.25) is 4.79 Å². The van der Waals surface area contributed by atoms with Crippen LogP contribution in [0.5, 0.6) is 0 Å². The smallest absolute Gasteiger partial charge is 0.252 e. The summed E-state index contributed by atoms with van der Waals surface area (Å²) in [5, 5.41) is 5.51. The molecule has 0 aliphatic carbocycles. The van der Waals surface area contributed by atoms with Gasteiger partial charge in [0.25, 0.3) is 5.91 Å². The highest BCUT2D eigenvalue weighted by Crippen LogP contribution is 2.25. The van der Waals surface area contributed by atoms with Crippen molar-refractivity contribution in [2.45, 2.75) is 33.7 Å². The van der Waals surface area contributed by atoms with Crippen LogP contribution < -0.4 is 10.2 Å². The van der Waals surface area contributed by atoms with Gasteiger partial charge in [-0.15, -0.1) is 11.8 Å². The molecule has 0 aliphatic rings. The Kier molecular flexibility index (Phi) is 7.36. The summed E-state index contributed by atoms with van der Waals surface area (Å²) in [6, 6.07) is 20.3. The average molecular weight is 409 g/mol. The number of fused-ring (bicyclic) bond motifs is 1. The zero-order valence-electron chi connectivity index (χ0n) is 18.6. The molecule has 0 aliphatic heterocycles. The molecule has 0 spiro atoms. The van der Waals surface area contributed by atoms with E-state index in [2.05, 4.69) is 58.2 Å². The number of hydrogen-bond donors (Lipinski definition) is 1. The van der Waals surface area contributed by atoms with Crippen LogP contribution in [0.1, 0.15) is 48.3 Å². The zero-order valence-corrected chi connectivity index (χ0v) is 18.6. The molecule has 0 heterocycles. The first-order valence-corrected chi connectivity index (χ1v) is 10.5. The molecule has 3 aromatic rings. The molecule has 0 fully saturated rings. The van der Waals surface area contributed by atoms with Crippen LogP contribution in [0.2, 0.25) is 0 Å². The van der Waals surface area contributed by atoms with Gasteiger partial charge in [0.1, 0.15) is 0 Å². The molecule has 156 valence electrons. The maximum Gasteiger partial charge on any atom is 0.252 e. The van der Waals surface area contributed by atoms with E-state index in [4.69, 9.17) is 0 Å². The standard InChI is InChI=1S/C28H28N2O/c1-5-7-18-30(19-8-6-2)24-17-16-21(3)27(20-24)28(31)29-22(4)25-15-11-13-23-12-9-10-14-26(23)25/h9-17,20,22H,18-19H2,1-4H3,(H,29,31)/t22-/m1/s1. The normalized spacial score (nSPS) is 11.0. The summed E-state index contributed by atoms with van der Waals surface area (Å²) in [6.45, 7) is 8.78. The van der Waals surface area contributed by atoms with Crippen LogP contribution in [0.3, 0.4) is 0 Å². The van der Waals surface area contributed by atoms with Gasteiger partial charge in [0.15, 0.2) is 0 Å². The predicted octanol–water partition coefficient (Wildman–Crippen LogP) is 5.49. The highest BCUT2D eigenvalue weighted by Gasteiger charge is 2.17. The minimum absolute atomic E-state index is 0.0807. The maximum absolute atomic E-state index is 13.2. The fourth-order valence-electron chi connectivity index (χ4n) is 3.62. The van der Waals surface area contributed by atoms with Gasteiger partial charge in [-0.1, -0.05) is 60.4 Å². The van der Waals surface area contributed by atoms with Crippen molar-refractivity contribution in [1.82, 2.24) is 5.32 Å². The number of aryl methyl sites for hydroxylation is 1. The van der Waals surface area contributed by atoms with Gasteiger partial charge in [-0.05, 0) is 61.7 Å². The van der Waals surface area contributed by atoms with E-state index in [1.165, 1.54) is 5.39 Å². The molecule has 1 amide bonds. The minimum atomic E-state index is -0.116. The summed E-state index contributed by atoms with van der Waals surface area (Å²) in [6.07, 6.45) is 0. The lowest BCUT2D eigenvalue weighted by atomic mass is 9.99. The first-order chi connectivity index (χ1) is 15.0. The lowest BCUT2D eigenvalue weighted by molar-refractivity contribution is 0.0939. The number of amides is 1. The van der Waals surface area contributed by atoms with E-state index >= 15 is 0 Å². The average Bonchev–Trinajstić information content (AvgIpc) is 2.79. The summed E-state index contributed by atoms with van der Waals surface area (Å²) >= 11 is 0. The van der Waals surface area contributed by atoms with Crippen LogP contribution in [0.25, 0.3) is 10.8 Å². The van der Waals surface area contributed by atoms with Gasteiger partial charge in [0, 0.05) is 11.3 Å². The molecule has 3 heteroatoms. The molecule has 0 radical (unpaired) electrons. The topological polar surface area (TPSA) is 32.3 Å².